The molecule has 0 saturated carbocycles. The van der Waals surface area contributed by atoms with Crippen molar-refractivity contribution in [3.8, 4) is 0 Å². The van der Waals surface area contributed by atoms with Crippen LogP contribution in [-0.2, 0) is 23.9 Å². The van der Waals surface area contributed by atoms with Gasteiger partial charge in [-0.3, -0.25) is 0 Å². The number of rotatable bonds is 7. The van der Waals surface area contributed by atoms with E-state index in [1.54, 1.807) is 12.4 Å². The number of halogens is 3. The lowest BCUT2D eigenvalue weighted by Gasteiger charge is -2.12. The standard InChI is InChI=1S/C22H21F3N4O/c23-22(24,25)17-9-3-1-6-15(17)7-5-12-30-13-11-29-14-27-19-20(29)16-8-2-4-10-18(16)28-21(19)26/h1-4,6,8-10,14H,5,7,11-13H2,(H2,26,28). The van der Waals surface area contributed by atoms with E-state index in [0.717, 1.165) is 22.5 Å². The lowest BCUT2D eigenvalue weighted by molar-refractivity contribution is -0.138. The van der Waals surface area contributed by atoms with Gasteiger partial charge in [0.2, 0.25) is 0 Å². The van der Waals surface area contributed by atoms with Gasteiger partial charge >= 0.3 is 6.18 Å². The summed E-state index contributed by atoms with van der Waals surface area (Å²) in [5.41, 5.74) is 8.10. The highest BCUT2D eigenvalue weighted by atomic mass is 19.4. The van der Waals surface area contributed by atoms with Crippen LogP contribution >= 0.6 is 0 Å². The number of imidazole rings is 1. The van der Waals surface area contributed by atoms with E-state index in [0.29, 0.717) is 49.5 Å². The number of hydrogen-bond donors (Lipinski definition) is 1. The van der Waals surface area contributed by atoms with E-state index in [9.17, 15) is 13.2 Å². The largest absolute Gasteiger partial charge is 0.416 e. The fourth-order valence-corrected chi connectivity index (χ4v) is 3.62. The zero-order valence-electron chi connectivity index (χ0n) is 16.2. The second-order valence-corrected chi connectivity index (χ2v) is 7.02. The summed E-state index contributed by atoms with van der Waals surface area (Å²) in [6.45, 7) is 1.36. The van der Waals surface area contributed by atoms with Crippen molar-refractivity contribution >= 4 is 27.8 Å². The highest BCUT2D eigenvalue weighted by molar-refractivity contribution is 6.06. The second-order valence-electron chi connectivity index (χ2n) is 7.02. The van der Waals surface area contributed by atoms with Gasteiger partial charge in [-0.05, 0) is 30.5 Å². The molecule has 30 heavy (non-hydrogen) atoms. The molecule has 0 fully saturated rings. The van der Waals surface area contributed by atoms with Crippen LogP contribution in [0.15, 0.2) is 54.9 Å². The van der Waals surface area contributed by atoms with Crippen LogP contribution in [0.5, 0.6) is 0 Å². The topological polar surface area (TPSA) is 66.0 Å². The highest BCUT2D eigenvalue weighted by Crippen LogP contribution is 2.32. The average Bonchev–Trinajstić information content (AvgIpc) is 3.15. The fraction of sp³-hybridized carbons (Fsp3) is 0.273. The lowest BCUT2D eigenvalue weighted by Crippen LogP contribution is -2.10. The fourth-order valence-electron chi connectivity index (χ4n) is 3.62. The van der Waals surface area contributed by atoms with Crippen molar-refractivity contribution < 1.29 is 17.9 Å². The zero-order valence-corrected chi connectivity index (χ0v) is 16.2. The van der Waals surface area contributed by atoms with Gasteiger partial charge in [-0.1, -0.05) is 36.4 Å². The third-order valence-electron chi connectivity index (χ3n) is 5.01. The molecule has 0 unspecified atom stereocenters. The number of fused-ring (bicyclic) bond motifs is 3. The molecule has 0 aliphatic carbocycles. The van der Waals surface area contributed by atoms with E-state index in [-0.39, 0.29) is 0 Å². The van der Waals surface area contributed by atoms with Crippen molar-refractivity contribution in [1.29, 1.82) is 0 Å². The summed E-state index contributed by atoms with van der Waals surface area (Å²) in [5, 5.41) is 0.961. The Bertz CT molecular complexity index is 1170. The van der Waals surface area contributed by atoms with Crippen molar-refractivity contribution in [1.82, 2.24) is 14.5 Å². The summed E-state index contributed by atoms with van der Waals surface area (Å²) >= 11 is 0. The first-order valence-electron chi connectivity index (χ1n) is 9.67. The molecule has 8 heteroatoms. The number of alkyl halides is 3. The van der Waals surface area contributed by atoms with Crippen LogP contribution in [0.3, 0.4) is 0 Å². The third kappa shape index (κ3) is 4.09. The van der Waals surface area contributed by atoms with Gasteiger partial charge in [-0.2, -0.15) is 13.2 Å². The Labute approximate surface area is 171 Å². The average molecular weight is 414 g/mol. The monoisotopic (exact) mass is 414 g/mol. The summed E-state index contributed by atoms with van der Waals surface area (Å²) < 4.78 is 46.8. The number of anilines is 1. The van der Waals surface area contributed by atoms with Crippen LogP contribution in [0.2, 0.25) is 0 Å². The minimum absolute atomic E-state index is 0.295. The maximum absolute atomic E-state index is 13.0. The van der Waals surface area contributed by atoms with E-state index in [1.807, 2.05) is 28.8 Å². The number of nitrogens with zero attached hydrogens (tertiary/aromatic N) is 3. The molecule has 156 valence electrons. The number of aromatic nitrogens is 3. The van der Waals surface area contributed by atoms with Crippen molar-refractivity contribution in [2.45, 2.75) is 25.6 Å². The van der Waals surface area contributed by atoms with Crippen LogP contribution < -0.4 is 5.73 Å². The Kier molecular flexibility index (Phi) is 5.59. The predicted molar refractivity (Wildman–Crippen MR) is 110 cm³/mol. The van der Waals surface area contributed by atoms with E-state index in [2.05, 4.69) is 9.97 Å². The van der Waals surface area contributed by atoms with Crippen molar-refractivity contribution in [2.75, 3.05) is 18.9 Å². The molecule has 2 aromatic heterocycles. The zero-order chi connectivity index (χ0) is 21.1. The molecule has 2 aromatic carbocycles. The summed E-state index contributed by atoms with van der Waals surface area (Å²) in [6, 6.07) is 13.4. The van der Waals surface area contributed by atoms with E-state index >= 15 is 0 Å². The maximum Gasteiger partial charge on any atom is 0.416 e. The van der Waals surface area contributed by atoms with Gasteiger partial charge in [0.25, 0.3) is 0 Å². The number of benzene rings is 2. The van der Waals surface area contributed by atoms with Crippen LogP contribution in [0.25, 0.3) is 21.9 Å². The molecule has 0 radical (unpaired) electrons. The number of nitrogens with two attached hydrogens (primary N) is 1. The Morgan fingerprint density at radius 1 is 1.00 bits per heavy atom. The summed E-state index contributed by atoms with van der Waals surface area (Å²) in [6.07, 6.45) is -1.80. The third-order valence-corrected chi connectivity index (χ3v) is 5.01. The Morgan fingerprint density at radius 2 is 1.77 bits per heavy atom. The molecule has 0 aliphatic rings. The molecule has 0 bridgehead atoms. The van der Waals surface area contributed by atoms with Gasteiger partial charge in [0.05, 0.1) is 29.5 Å². The molecule has 2 heterocycles. The van der Waals surface area contributed by atoms with Gasteiger partial charge in [0.1, 0.15) is 5.52 Å². The molecule has 0 amide bonds. The first-order valence-corrected chi connectivity index (χ1v) is 9.67. The van der Waals surface area contributed by atoms with E-state index in [1.165, 1.54) is 12.1 Å². The molecule has 4 rings (SSSR count). The SMILES string of the molecule is Nc1nc2ccccc2c2c1ncn2CCOCCCc1ccccc1C(F)(F)F. The second kappa shape index (κ2) is 8.31. The lowest BCUT2D eigenvalue weighted by atomic mass is 10.0. The highest BCUT2D eigenvalue weighted by Gasteiger charge is 2.32. The molecule has 0 saturated heterocycles. The maximum atomic E-state index is 13.0. The molecule has 0 atom stereocenters. The molecule has 0 spiro atoms. The van der Waals surface area contributed by atoms with Gasteiger partial charge in [0, 0.05) is 18.5 Å². The molecular weight excluding hydrogens is 393 g/mol. The Balaban J connectivity index is 1.36. The van der Waals surface area contributed by atoms with Gasteiger partial charge in [0.15, 0.2) is 5.82 Å². The Morgan fingerprint density at radius 3 is 2.60 bits per heavy atom. The number of pyridine rings is 1. The van der Waals surface area contributed by atoms with Crippen molar-refractivity contribution in [2.24, 2.45) is 0 Å². The van der Waals surface area contributed by atoms with E-state index in [4.69, 9.17) is 10.5 Å². The first kappa shape index (κ1) is 20.2. The predicted octanol–water partition coefficient (Wildman–Crippen LogP) is 4.83. The number of aryl methyl sites for hydroxylation is 1. The quantitative estimate of drug-likeness (QED) is 0.440. The smallest absolute Gasteiger partial charge is 0.382 e. The normalized spacial score (nSPS) is 12.1. The molecule has 4 aromatic rings. The van der Waals surface area contributed by atoms with Crippen LogP contribution in [-0.4, -0.2) is 27.7 Å². The van der Waals surface area contributed by atoms with E-state index < -0.39 is 11.7 Å². The molecule has 2 N–H and O–H groups in total. The van der Waals surface area contributed by atoms with Gasteiger partial charge in [-0.15, -0.1) is 0 Å². The molecule has 0 aliphatic heterocycles. The van der Waals surface area contributed by atoms with Crippen LogP contribution in [0.1, 0.15) is 17.5 Å². The Hall–Kier alpha value is -3.13. The number of nitrogen functional groups attached to an aromatic ring is 1. The summed E-state index contributed by atoms with van der Waals surface area (Å²) in [5.74, 6) is 0.381. The summed E-state index contributed by atoms with van der Waals surface area (Å²) in [4.78, 5) is 8.75. The van der Waals surface area contributed by atoms with Crippen molar-refractivity contribution in [3.05, 3.63) is 66.0 Å². The first-order chi connectivity index (χ1) is 14.4. The minimum Gasteiger partial charge on any atom is -0.382 e. The van der Waals surface area contributed by atoms with Gasteiger partial charge in [-0.25, -0.2) is 9.97 Å². The molecule has 5 nitrogen and oxygen atoms in total. The number of para-hydroxylation sites is 1. The van der Waals surface area contributed by atoms with Crippen LogP contribution in [0.4, 0.5) is 19.0 Å². The van der Waals surface area contributed by atoms with Crippen LogP contribution in [0, 0.1) is 0 Å². The summed E-state index contributed by atoms with van der Waals surface area (Å²) in [7, 11) is 0. The number of hydrogen-bond acceptors (Lipinski definition) is 4. The number of ether oxygens (including phenoxy) is 1. The van der Waals surface area contributed by atoms with Gasteiger partial charge < -0.3 is 15.0 Å². The van der Waals surface area contributed by atoms with Crippen molar-refractivity contribution in [3.63, 3.8) is 0 Å². The minimum atomic E-state index is -4.33. The molecular formula is C22H21F3N4O.